The molecule has 0 aliphatic carbocycles. The number of anilines is 1. The summed E-state index contributed by atoms with van der Waals surface area (Å²) in [5, 5.41) is 4.15. The van der Waals surface area contributed by atoms with Gasteiger partial charge < -0.3 is 10.2 Å². The van der Waals surface area contributed by atoms with Gasteiger partial charge in [-0.3, -0.25) is 9.36 Å². The van der Waals surface area contributed by atoms with E-state index < -0.39 is 6.04 Å². The minimum atomic E-state index is -0.490. The third-order valence-corrected chi connectivity index (χ3v) is 6.76. The SMILES string of the molecule is Cc1cccc(NC(=O)N(CCC(C)C)C(C)c2nc3ccccc3c(=O)n2-c2ccc(Cl)cc2C)c1. The number of carbonyl (C=O) groups is 1. The molecule has 0 spiro atoms. The second-order valence-electron chi connectivity index (χ2n) is 9.91. The number of rotatable bonds is 7. The van der Waals surface area contributed by atoms with Crippen LogP contribution in [0.1, 0.15) is 50.2 Å². The maximum Gasteiger partial charge on any atom is 0.322 e. The normalized spacial score (nSPS) is 12.1. The molecule has 0 saturated heterocycles. The van der Waals surface area contributed by atoms with Gasteiger partial charge in [0.1, 0.15) is 5.82 Å². The van der Waals surface area contributed by atoms with Gasteiger partial charge in [0.25, 0.3) is 5.56 Å². The van der Waals surface area contributed by atoms with E-state index in [2.05, 4.69) is 19.2 Å². The van der Waals surface area contributed by atoms with E-state index in [9.17, 15) is 9.59 Å². The zero-order valence-electron chi connectivity index (χ0n) is 22.0. The lowest BCUT2D eigenvalue weighted by atomic mass is 10.1. The van der Waals surface area contributed by atoms with Crippen LogP contribution in [0.3, 0.4) is 0 Å². The lowest BCUT2D eigenvalue weighted by Gasteiger charge is -2.31. The van der Waals surface area contributed by atoms with Crippen LogP contribution in [0, 0.1) is 19.8 Å². The van der Waals surface area contributed by atoms with Gasteiger partial charge in [-0.2, -0.15) is 0 Å². The average molecular weight is 517 g/mol. The average Bonchev–Trinajstić information content (AvgIpc) is 2.84. The summed E-state index contributed by atoms with van der Waals surface area (Å²) in [6.45, 7) is 10.6. The Hall–Kier alpha value is -3.64. The minimum Gasteiger partial charge on any atom is -0.315 e. The van der Waals surface area contributed by atoms with Crippen molar-refractivity contribution in [2.45, 2.75) is 47.1 Å². The molecular weight excluding hydrogens is 484 g/mol. The monoisotopic (exact) mass is 516 g/mol. The number of aromatic nitrogens is 2. The first-order valence-electron chi connectivity index (χ1n) is 12.6. The molecule has 1 N–H and O–H groups in total. The van der Waals surface area contributed by atoms with Gasteiger partial charge in [-0.1, -0.05) is 49.7 Å². The summed E-state index contributed by atoms with van der Waals surface area (Å²) in [7, 11) is 0. The lowest BCUT2D eigenvalue weighted by molar-refractivity contribution is 0.185. The number of carbonyl (C=O) groups excluding carboxylic acids is 1. The van der Waals surface area contributed by atoms with Crippen LogP contribution in [-0.4, -0.2) is 27.0 Å². The van der Waals surface area contributed by atoms with Crippen molar-refractivity contribution >= 4 is 34.2 Å². The fourth-order valence-electron chi connectivity index (χ4n) is 4.46. The number of hydrogen-bond acceptors (Lipinski definition) is 3. The van der Waals surface area contributed by atoms with Crippen LogP contribution in [0.25, 0.3) is 16.6 Å². The van der Waals surface area contributed by atoms with Crippen molar-refractivity contribution in [1.82, 2.24) is 14.5 Å². The van der Waals surface area contributed by atoms with Crippen LogP contribution in [-0.2, 0) is 0 Å². The number of hydrogen-bond donors (Lipinski definition) is 1. The highest BCUT2D eigenvalue weighted by Crippen LogP contribution is 2.27. The van der Waals surface area contributed by atoms with Crippen molar-refractivity contribution in [1.29, 1.82) is 0 Å². The van der Waals surface area contributed by atoms with Gasteiger partial charge in [-0.15, -0.1) is 0 Å². The molecule has 0 bridgehead atoms. The van der Waals surface area contributed by atoms with Crippen LogP contribution in [0.15, 0.2) is 71.5 Å². The molecule has 0 aliphatic rings. The summed E-state index contributed by atoms with van der Waals surface area (Å²) in [5.41, 5.74) is 3.74. The third kappa shape index (κ3) is 5.86. The standard InChI is InChI=1S/C30H33ClN4O2/c1-19(2)15-16-34(30(37)32-24-10-8-9-20(3)17-24)22(5)28-33-26-12-7-6-11-25(26)29(36)35(28)27-14-13-23(31)18-21(27)4/h6-14,17-19,22H,15-16H2,1-5H3,(H,32,37). The number of aryl methyl sites for hydroxylation is 2. The van der Waals surface area contributed by atoms with Crippen LogP contribution < -0.4 is 10.9 Å². The number of halogens is 1. The Kier molecular flexibility index (Phi) is 7.98. The van der Waals surface area contributed by atoms with Crippen LogP contribution in [0.4, 0.5) is 10.5 Å². The summed E-state index contributed by atoms with van der Waals surface area (Å²) < 4.78 is 1.63. The smallest absolute Gasteiger partial charge is 0.315 e. The Morgan fingerprint density at radius 3 is 2.49 bits per heavy atom. The first-order chi connectivity index (χ1) is 17.7. The number of nitrogens with one attached hydrogen (secondary N) is 1. The highest BCUT2D eigenvalue weighted by atomic mass is 35.5. The Morgan fingerprint density at radius 1 is 1.03 bits per heavy atom. The maximum atomic E-state index is 13.8. The van der Waals surface area contributed by atoms with Crippen LogP contribution >= 0.6 is 11.6 Å². The quantitative estimate of drug-likeness (QED) is 0.280. The number of para-hydroxylation sites is 1. The molecule has 1 atom stereocenters. The van der Waals surface area contributed by atoms with E-state index in [4.69, 9.17) is 16.6 Å². The molecule has 1 aromatic heterocycles. The lowest BCUT2D eigenvalue weighted by Crippen LogP contribution is -2.41. The Balaban J connectivity index is 1.86. The van der Waals surface area contributed by atoms with Crippen molar-refractivity contribution in [3.63, 3.8) is 0 Å². The van der Waals surface area contributed by atoms with Crippen LogP contribution in [0.5, 0.6) is 0 Å². The molecule has 0 aliphatic heterocycles. The first kappa shape index (κ1) is 26.4. The van der Waals surface area contributed by atoms with Crippen molar-refractivity contribution < 1.29 is 4.79 Å². The van der Waals surface area contributed by atoms with E-state index >= 15 is 0 Å². The van der Waals surface area contributed by atoms with E-state index in [1.165, 1.54) is 0 Å². The van der Waals surface area contributed by atoms with Crippen molar-refractivity contribution in [2.24, 2.45) is 5.92 Å². The molecule has 1 unspecified atom stereocenters. The molecule has 7 heteroatoms. The second-order valence-corrected chi connectivity index (χ2v) is 10.3. The zero-order valence-corrected chi connectivity index (χ0v) is 22.7. The zero-order chi connectivity index (χ0) is 26.7. The third-order valence-electron chi connectivity index (χ3n) is 6.52. The molecule has 1 heterocycles. The summed E-state index contributed by atoms with van der Waals surface area (Å²) >= 11 is 6.23. The van der Waals surface area contributed by atoms with Gasteiger partial charge in [-0.25, -0.2) is 9.78 Å². The molecule has 4 aromatic rings. The molecule has 192 valence electrons. The molecule has 0 fully saturated rings. The fraction of sp³-hybridized carbons (Fsp3) is 0.300. The molecule has 4 rings (SSSR count). The van der Waals surface area contributed by atoms with Gasteiger partial charge in [0.15, 0.2) is 0 Å². The Labute approximate surface area is 222 Å². The highest BCUT2D eigenvalue weighted by Gasteiger charge is 2.27. The Bertz CT molecular complexity index is 1490. The van der Waals surface area contributed by atoms with E-state index in [0.29, 0.717) is 39.9 Å². The predicted molar refractivity (Wildman–Crippen MR) is 152 cm³/mol. The van der Waals surface area contributed by atoms with Crippen molar-refractivity contribution in [2.75, 3.05) is 11.9 Å². The number of benzene rings is 3. The predicted octanol–water partition coefficient (Wildman–Crippen LogP) is 7.30. The number of nitrogens with zero attached hydrogens (tertiary/aromatic N) is 3. The van der Waals surface area contributed by atoms with E-state index in [-0.39, 0.29) is 11.6 Å². The molecule has 3 aromatic carbocycles. The van der Waals surface area contributed by atoms with Crippen LogP contribution in [0.2, 0.25) is 5.02 Å². The number of urea groups is 1. The van der Waals surface area contributed by atoms with Gasteiger partial charge >= 0.3 is 6.03 Å². The fourth-order valence-corrected chi connectivity index (χ4v) is 4.69. The molecule has 6 nitrogen and oxygen atoms in total. The second kappa shape index (κ2) is 11.2. The number of amides is 2. The molecule has 37 heavy (non-hydrogen) atoms. The first-order valence-corrected chi connectivity index (χ1v) is 13.0. The molecule has 0 saturated carbocycles. The highest BCUT2D eigenvalue weighted by molar-refractivity contribution is 6.30. The van der Waals surface area contributed by atoms with Gasteiger partial charge in [0, 0.05) is 17.3 Å². The van der Waals surface area contributed by atoms with Gasteiger partial charge in [0.05, 0.1) is 22.6 Å². The van der Waals surface area contributed by atoms with E-state index in [0.717, 1.165) is 23.2 Å². The van der Waals surface area contributed by atoms with Gasteiger partial charge in [-0.05, 0) is 86.7 Å². The van der Waals surface area contributed by atoms with Crippen molar-refractivity contribution in [3.8, 4) is 5.69 Å². The summed E-state index contributed by atoms with van der Waals surface area (Å²) in [4.78, 5) is 34.2. The Morgan fingerprint density at radius 2 is 1.78 bits per heavy atom. The summed E-state index contributed by atoms with van der Waals surface area (Å²) in [6.07, 6.45) is 0.809. The van der Waals surface area contributed by atoms with E-state index in [1.807, 2.05) is 75.4 Å². The molecule has 0 radical (unpaired) electrons. The number of fused-ring (bicyclic) bond motifs is 1. The maximum absolute atomic E-state index is 13.8. The van der Waals surface area contributed by atoms with Gasteiger partial charge in [0.2, 0.25) is 0 Å². The van der Waals surface area contributed by atoms with E-state index in [1.54, 1.807) is 21.6 Å². The van der Waals surface area contributed by atoms with Crippen molar-refractivity contribution in [3.05, 3.63) is 99.1 Å². The molecule has 2 amide bonds. The minimum absolute atomic E-state index is 0.180. The largest absolute Gasteiger partial charge is 0.322 e. The molecular formula is C30H33ClN4O2. The topological polar surface area (TPSA) is 67.2 Å². The summed E-state index contributed by atoms with van der Waals surface area (Å²) in [6, 6.07) is 19.7. The summed E-state index contributed by atoms with van der Waals surface area (Å²) in [5.74, 6) is 0.893.